The highest BCUT2D eigenvalue weighted by molar-refractivity contribution is 5.96. The monoisotopic (exact) mass is 341 g/mol. The number of aromatic hydroxyl groups is 2. The van der Waals surface area contributed by atoms with Crippen molar-refractivity contribution in [3.8, 4) is 11.5 Å². The van der Waals surface area contributed by atoms with Gasteiger partial charge in [-0.15, -0.1) is 0 Å². The number of nitrogens with zero attached hydrogens (tertiary/aromatic N) is 2. The van der Waals surface area contributed by atoms with Crippen LogP contribution in [0.1, 0.15) is 16.1 Å². The van der Waals surface area contributed by atoms with E-state index in [1.54, 1.807) is 30.3 Å². The molecular weight excluding hydrogens is 330 g/mol. The predicted octanol–water partition coefficient (Wildman–Crippen LogP) is 2.52. The summed E-state index contributed by atoms with van der Waals surface area (Å²) >= 11 is 0. The standard InChI is InChI=1S/C16H11N3O6/c20-12-7-13(21)11(19(23)24)5-10(12)8-17-18-16(22)15-6-9-3-1-2-4-14(9)25-15/h1-8,20-21H,(H,18,22)/b17-8+. The quantitative estimate of drug-likeness (QED) is 0.378. The molecule has 3 aromatic rings. The molecule has 0 atom stereocenters. The van der Waals surface area contributed by atoms with Gasteiger partial charge >= 0.3 is 11.6 Å². The van der Waals surface area contributed by atoms with Crippen molar-refractivity contribution in [3.63, 3.8) is 0 Å². The van der Waals surface area contributed by atoms with Crippen molar-refractivity contribution < 1.29 is 24.3 Å². The number of nitro groups is 1. The number of phenols is 2. The maximum absolute atomic E-state index is 12.0. The molecule has 0 saturated carbocycles. The molecule has 0 aliphatic heterocycles. The molecule has 3 rings (SSSR count). The van der Waals surface area contributed by atoms with Crippen LogP contribution in [0.4, 0.5) is 5.69 Å². The van der Waals surface area contributed by atoms with Crippen molar-refractivity contribution in [2.75, 3.05) is 0 Å². The van der Waals surface area contributed by atoms with Crippen LogP contribution in [0.25, 0.3) is 11.0 Å². The number of furan rings is 1. The van der Waals surface area contributed by atoms with Crippen LogP contribution in [-0.4, -0.2) is 27.3 Å². The Labute approximate surface area is 140 Å². The highest BCUT2D eigenvalue weighted by Crippen LogP contribution is 2.31. The van der Waals surface area contributed by atoms with Gasteiger partial charge in [-0.05, 0) is 12.1 Å². The molecule has 126 valence electrons. The van der Waals surface area contributed by atoms with Crippen molar-refractivity contribution in [1.29, 1.82) is 0 Å². The molecule has 1 heterocycles. The third-order valence-electron chi connectivity index (χ3n) is 3.34. The molecule has 3 N–H and O–H groups in total. The molecule has 0 aliphatic carbocycles. The fraction of sp³-hybridized carbons (Fsp3) is 0. The first kappa shape index (κ1) is 16.0. The van der Waals surface area contributed by atoms with Gasteiger partial charge in [0.2, 0.25) is 0 Å². The molecular formula is C16H11N3O6. The summed E-state index contributed by atoms with van der Waals surface area (Å²) in [6.45, 7) is 0. The summed E-state index contributed by atoms with van der Waals surface area (Å²) in [6.07, 6.45) is 1.02. The van der Waals surface area contributed by atoms with E-state index in [0.717, 1.165) is 23.7 Å². The Bertz CT molecular complexity index is 975. The largest absolute Gasteiger partial charge is 0.507 e. The summed E-state index contributed by atoms with van der Waals surface area (Å²) in [4.78, 5) is 22.0. The van der Waals surface area contributed by atoms with Gasteiger partial charge in [-0.25, -0.2) is 5.43 Å². The van der Waals surface area contributed by atoms with Crippen molar-refractivity contribution in [1.82, 2.24) is 5.43 Å². The molecule has 0 bridgehead atoms. The zero-order chi connectivity index (χ0) is 18.0. The smallest absolute Gasteiger partial charge is 0.311 e. The number of benzene rings is 2. The second-order valence-corrected chi connectivity index (χ2v) is 5.00. The van der Waals surface area contributed by atoms with E-state index in [4.69, 9.17) is 4.42 Å². The number of hydrogen-bond donors (Lipinski definition) is 3. The van der Waals surface area contributed by atoms with E-state index in [0.29, 0.717) is 5.58 Å². The lowest BCUT2D eigenvalue weighted by molar-refractivity contribution is -0.385. The molecule has 0 unspecified atom stereocenters. The van der Waals surface area contributed by atoms with E-state index in [-0.39, 0.29) is 11.3 Å². The Hall–Kier alpha value is -3.88. The average Bonchev–Trinajstić information content (AvgIpc) is 3.00. The van der Waals surface area contributed by atoms with Gasteiger partial charge < -0.3 is 14.6 Å². The van der Waals surface area contributed by atoms with Gasteiger partial charge in [0.05, 0.1) is 11.1 Å². The Morgan fingerprint density at radius 1 is 1.20 bits per heavy atom. The van der Waals surface area contributed by atoms with Gasteiger partial charge in [-0.2, -0.15) is 5.10 Å². The molecule has 1 amide bonds. The van der Waals surface area contributed by atoms with E-state index < -0.39 is 28.0 Å². The van der Waals surface area contributed by atoms with E-state index in [2.05, 4.69) is 10.5 Å². The molecule has 0 fully saturated rings. The maximum atomic E-state index is 12.0. The number of hydrogen-bond acceptors (Lipinski definition) is 7. The third kappa shape index (κ3) is 3.24. The van der Waals surface area contributed by atoms with Crippen LogP contribution in [0.2, 0.25) is 0 Å². The van der Waals surface area contributed by atoms with Crippen molar-refractivity contribution in [2.45, 2.75) is 0 Å². The number of carbonyl (C=O) groups excluding carboxylic acids is 1. The lowest BCUT2D eigenvalue weighted by Gasteiger charge is -2.01. The Kier molecular flexibility index (Phi) is 4.04. The average molecular weight is 341 g/mol. The van der Waals surface area contributed by atoms with Gasteiger partial charge in [-0.3, -0.25) is 14.9 Å². The number of para-hydroxylation sites is 1. The highest BCUT2D eigenvalue weighted by Gasteiger charge is 2.17. The number of carbonyl (C=O) groups is 1. The summed E-state index contributed by atoms with van der Waals surface area (Å²) in [7, 11) is 0. The number of nitrogens with one attached hydrogen (secondary N) is 1. The molecule has 0 spiro atoms. The zero-order valence-electron chi connectivity index (χ0n) is 12.5. The maximum Gasteiger partial charge on any atom is 0.311 e. The molecule has 0 aliphatic rings. The van der Waals surface area contributed by atoms with Crippen LogP contribution >= 0.6 is 0 Å². The van der Waals surface area contributed by atoms with E-state index in [9.17, 15) is 25.1 Å². The highest BCUT2D eigenvalue weighted by atomic mass is 16.6. The molecule has 0 radical (unpaired) electrons. The number of fused-ring (bicyclic) bond motifs is 1. The van der Waals surface area contributed by atoms with E-state index >= 15 is 0 Å². The molecule has 2 aromatic carbocycles. The van der Waals surface area contributed by atoms with Crippen molar-refractivity contribution >= 4 is 28.8 Å². The molecule has 25 heavy (non-hydrogen) atoms. The van der Waals surface area contributed by atoms with Gasteiger partial charge in [0.1, 0.15) is 11.3 Å². The van der Waals surface area contributed by atoms with Gasteiger partial charge in [0.15, 0.2) is 11.5 Å². The number of hydrazone groups is 1. The van der Waals surface area contributed by atoms with Crippen LogP contribution in [-0.2, 0) is 0 Å². The number of phenolic OH excluding ortho intramolecular Hbond substituents is 2. The summed E-state index contributed by atoms with van der Waals surface area (Å²) in [5.41, 5.74) is 2.10. The van der Waals surface area contributed by atoms with E-state index in [1.165, 1.54) is 0 Å². The first-order chi connectivity index (χ1) is 12.0. The predicted molar refractivity (Wildman–Crippen MR) is 87.7 cm³/mol. The van der Waals surface area contributed by atoms with Crippen LogP contribution in [0.3, 0.4) is 0 Å². The lowest BCUT2D eigenvalue weighted by atomic mass is 10.2. The molecule has 9 nitrogen and oxygen atoms in total. The number of rotatable bonds is 4. The Balaban J connectivity index is 1.77. The van der Waals surface area contributed by atoms with Crippen LogP contribution in [0.15, 0.2) is 52.0 Å². The first-order valence-corrected chi connectivity index (χ1v) is 6.98. The minimum absolute atomic E-state index is 0.0410. The van der Waals surface area contributed by atoms with Crippen molar-refractivity contribution in [3.05, 3.63) is 63.9 Å². The van der Waals surface area contributed by atoms with Crippen molar-refractivity contribution in [2.24, 2.45) is 5.10 Å². The normalized spacial score (nSPS) is 11.0. The second kappa shape index (κ2) is 6.32. The fourth-order valence-corrected chi connectivity index (χ4v) is 2.14. The molecule has 1 aromatic heterocycles. The number of nitro benzene ring substituents is 1. The first-order valence-electron chi connectivity index (χ1n) is 6.98. The van der Waals surface area contributed by atoms with E-state index in [1.807, 2.05) is 0 Å². The topological polar surface area (TPSA) is 138 Å². The molecule has 9 heteroatoms. The Morgan fingerprint density at radius 3 is 2.68 bits per heavy atom. The third-order valence-corrected chi connectivity index (χ3v) is 3.34. The number of amides is 1. The minimum atomic E-state index is -0.806. The summed E-state index contributed by atoms with van der Waals surface area (Å²) in [6, 6.07) is 10.4. The minimum Gasteiger partial charge on any atom is -0.507 e. The van der Waals surface area contributed by atoms with Gasteiger partial charge in [0.25, 0.3) is 0 Å². The Morgan fingerprint density at radius 2 is 1.96 bits per heavy atom. The van der Waals surface area contributed by atoms with Crippen LogP contribution in [0.5, 0.6) is 11.5 Å². The zero-order valence-corrected chi connectivity index (χ0v) is 12.5. The summed E-state index contributed by atoms with van der Waals surface area (Å²) in [5.74, 6) is -1.68. The fourth-order valence-electron chi connectivity index (χ4n) is 2.14. The SMILES string of the molecule is O=C(N/N=C/c1cc([N+](=O)[O-])c(O)cc1O)c1cc2ccccc2o1. The summed E-state index contributed by atoms with van der Waals surface area (Å²) in [5, 5.41) is 34.2. The van der Waals surface area contributed by atoms with Crippen LogP contribution in [0, 0.1) is 10.1 Å². The molecule has 0 saturated heterocycles. The summed E-state index contributed by atoms with van der Waals surface area (Å²) < 4.78 is 5.36. The van der Waals surface area contributed by atoms with Gasteiger partial charge in [-0.1, -0.05) is 18.2 Å². The second-order valence-electron chi connectivity index (χ2n) is 5.00. The van der Waals surface area contributed by atoms with Gasteiger partial charge in [0, 0.05) is 23.1 Å². The lowest BCUT2D eigenvalue weighted by Crippen LogP contribution is -2.16. The van der Waals surface area contributed by atoms with Crippen LogP contribution < -0.4 is 5.43 Å².